The summed E-state index contributed by atoms with van der Waals surface area (Å²) in [5.41, 5.74) is 7.90. The second kappa shape index (κ2) is 15.9. The van der Waals surface area contributed by atoms with E-state index < -0.39 is 45.6 Å². The van der Waals surface area contributed by atoms with E-state index in [2.05, 4.69) is 10.0 Å². The lowest BCUT2D eigenvalue weighted by atomic mass is 9.96. The number of benzene rings is 2. The molecule has 0 radical (unpaired) electrons. The minimum atomic E-state index is -4.15. The second-order valence-corrected chi connectivity index (χ2v) is 14.2. The van der Waals surface area contributed by atoms with Crippen LogP contribution in [0.2, 0.25) is 5.02 Å². The van der Waals surface area contributed by atoms with Crippen LogP contribution >= 0.6 is 11.6 Å². The molecule has 46 heavy (non-hydrogen) atoms. The van der Waals surface area contributed by atoms with Gasteiger partial charge in [0.15, 0.2) is 6.04 Å². The summed E-state index contributed by atoms with van der Waals surface area (Å²) in [5, 5.41) is 3.35. The molecule has 0 aliphatic carbocycles. The van der Waals surface area contributed by atoms with E-state index in [1.807, 2.05) is 0 Å². The molecule has 0 bridgehead atoms. The number of carbonyl (C=O) groups excluding carboxylic acids is 4. The van der Waals surface area contributed by atoms with Gasteiger partial charge >= 0.3 is 0 Å². The van der Waals surface area contributed by atoms with Crippen LogP contribution in [0.5, 0.6) is 0 Å². The van der Waals surface area contributed by atoms with E-state index in [0.29, 0.717) is 55.9 Å². The van der Waals surface area contributed by atoms with Gasteiger partial charge in [0.2, 0.25) is 27.7 Å². The van der Waals surface area contributed by atoms with Crippen LogP contribution in [0.15, 0.2) is 48.5 Å². The molecule has 2 fully saturated rings. The number of sulfonamides is 1. The minimum Gasteiger partial charge on any atom is -0.350 e. The Bertz CT molecular complexity index is 1520. The highest BCUT2D eigenvalue weighted by Crippen LogP contribution is 2.22. The molecule has 0 saturated carbocycles. The molecule has 2 aliphatic heterocycles. The van der Waals surface area contributed by atoms with E-state index in [-0.39, 0.29) is 31.5 Å². The summed E-state index contributed by atoms with van der Waals surface area (Å²) in [7, 11) is -2.61. The number of nitrogens with two attached hydrogens (primary N) is 1. The van der Waals surface area contributed by atoms with Gasteiger partial charge in [0.1, 0.15) is 6.04 Å². The molecular formula is C32H43ClN6O6S. The molecule has 12 nitrogen and oxygen atoms in total. The largest absolute Gasteiger partial charge is 0.350 e. The van der Waals surface area contributed by atoms with E-state index in [9.17, 15) is 27.6 Å². The fourth-order valence-electron chi connectivity index (χ4n) is 6.08. The molecule has 2 aromatic carbocycles. The number of rotatable bonds is 12. The van der Waals surface area contributed by atoms with Gasteiger partial charge in [0.25, 0.3) is 5.91 Å². The van der Waals surface area contributed by atoms with E-state index >= 15 is 0 Å². The molecule has 14 heteroatoms. The zero-order valence-electron chi connectivity index (χ0n) is 26.3. The van der Waals surface area contributed by atoms with Crippen LogP contribution in [0.1, 0.15) is 49.3 Å². The molecule has 4 rings (SSSR count). The lowest BCUT2D eigenvalue weighted by Crippen LogP contribution is -2.59. The predicted molar refractivity (Wildman–Crippen MR) is 175 cm³/mol. The maximum atomic E-state index is 14.1. The lowest BCUT2D eigenvalue weighted by Gasteiger charge is -2.35. The van der Waals surface area contributed by atoms with Crippen LogP contribution in [0.4, 0.5) is 0 Å². The van der Waals surface area contributed by atoms with Crippen LogP contribution in [0.25, 0.3) is 0 Å². The average molecular weight is 675 g/mol. The van der Waals surface area contributed by atoms with Crippen molar-refractivity contribution in [2.45, 2.75) is 63.5 Å². The fourth-order valence-corrected chi connectivity index (χ4v) is 7.55. The summed E-state index contributed by atoms with van der Waals surface area (Å²) in [4.78, 5) is 57.5. The Morgan fingerprint density at radius 2 is 1.72 bits per heavy atom. The number of amides is 4. The van der Waals surface area contributed by atoms with Crippen molar-refractivity contribution in [3.05, 3.63) is 70.2 Å². The van der Waals surface area contributed by atoms with Gasteiger partial charge in [0.05, 0.1) is 5.75 Å². The van der Waals surface area contributed by atoms with Crippen molar-refractivity contribution in [3.63, 3.8) is 0 Å². The van der Waals surface area contributed by atoms with E-state index in [4.69, 9.17) is 17.3 Å². The van der Waals surface area contributed by atoms with Crippen molar-refractivity contribution in [2.75, 3.05) is 33.2 Å². The molecule has 4 amide bonds. The number of likely N-dealkylation sites (N-methyl/N-ethyl adjacent to an activating group) is 1. The predicted octanol–water partition coefficient (Wildman–Crippen LogP) is 1.61. The normalized spacial score (nSPS) is 17.9. The third kappa shape index (κ3) is 9.27. The molecule has 2 saturated heterocycles. The Morgan fingerprint density at radius 1 is 1.02 bits per heavy atom. The number of halogens is 1. The zero-order valence-corrected chi connectivity index (χ0v) is 27.9. The quantitative estimate of drug-likeness (QED) is 0.288. The van der Waals surface area contributed by atoms with Gasteiger partial charge in [-0.3, -0.25) is 19.2 Å². The number of hydrogen-bond donors (Lipinski definition) is 3. The number of nitrogens with zero attached hydrogens (tertiary/aromatic N) is 3. The van der Waals surface area contributed by atoms with Crippen molar-refractivity contribution < 1.29 is 27.6 Å². The van der Waals surface area contributed by atoms with Crippen molar-refractivity contribution in [1.29, 1.82) is 0 Å². The van der Waals surface area contributed by atoms with Crippen LogP contribution in [0.3, 0.4) is 0 Å². The van der Waals surface area contributed by atoms with Crippen molar-refractivity contribution in [3.8, 4) is 0 Å². The number of nitrogens with one attached hydrogen (secondary N) is 2. The highest BCUT2D eigenvalue weighted by atomic mass is 35.5. The molecule has 2 aliphatic rings. The van der Waals surface area contributed by atoms with Crippen molar-refractivity contribution >= 4 is 45.3 Å². The first-order valence-corrected chi connectivity index (χ1v) is 17.5. The molecule has 1 unspecified atom stereocenters. The Balaban J connectivity index is 1.51. The number of hydrogen-bond acceptors (Lipinski definition) is 7. The van der Waals surface area contributed by atoms with Gasteiger partial charge < -0.3 is 25.8 Å². The summed E-state index contributed by atoms with van der Waals surface area (Å²) >= 11 is 6.14. The van der Waals surface area contributed by atoms with Crippen molar-refractivity contribution in [2.24, 2.45) is 11.7 Å². The molecule has 250 valence electrons. The van der Waals surface area contributed by atoms with Gasteiger partial charge in [-0.25, -0.2) is 8.42 Å². The van der Waals surface area contributed by atoms with Gasteiger partial charge in [-0.2, -0.15) is 4.72 Å². The molecule has 0 aromatic heterocycles. The molecular weight excluding hydrogens is 632 g/mol. The molecule has 2 atom stereocenters. The maximum absolute atomic E-state index is 14.1. The summed E-state index contributed by atoms with van der Waals surface area (Å²) in [6.45, 7) is 3.55. The monoisotopic (exact) mass is 674 g/mol. The SMILES string of the molecule is CC(=O)N1CCC(CN(C)C(=O)C(NS(=O)(=O)Cc2ccccc2)C(=O)N2CCC[C@H]2C(=O)NCc2cc(Cl)ccc2CN)CC1. The molecule has 0 spiro atoms. The smallest absolute Gasteiger partial charge is 0.251 e. The van der Waals surface area contributed by atoms with E-state index in [1.54, 1.807) is 60.5 Å². The highest BCUT2D eigenvalue weighted by molar-refractivity contribution is 7.88. The number of piperidine rings is 1. The average Bonchev–Trinajstić information content (AvgIpc) is 3.53. The molecule has 4 N–H and O–H groups in total. The summed E-state index contributed by atoms with van der Waals surface area (Å²) in [6.07, 6.45) is 2.24. The van der Waals surface area contributed by atoms with Crippen LogP contribution in [-0.2, 0) is 48.0 Å². The van der Waals surface area contributed by atoms with Crippen LogP contribution in [0, 0.1) is 5.92 Å². The van der Waals surface area contributed by atoms with Crippen LogP contribution in [-0.4, -0.2) is 92.1 Å². The van der Waals surface area contributed by atoms with Crippen molar-refractivity contribution in [1.82, 2.24) is 24.7 Å². The lowest BCUT2D eigenvalue weighted by molar-refractivity contribution is -0.146. The van der Waals surface area contributed by atoms with Gasteiger partial charge in [-0.15, -0.1) is 0 Å². The van der Waals surface area contributed by atoms with Gasteiger partial charge in [-0.1, -0.05) is 48.0 Å². The summed E-state index contributed by atoms with van der Waals surface area (Å²) in [6, 6.07) is 11.1. The van der Waals surface area contributed by atoms with Crippen LogP contribution < -0.4 is 15.8 Å². The van der Waals surface area contributed by atoms with Gasteiger partial charge in [-0.05, 0) is 60.4 Å². The van der Waals surface area contributed by atoms with E-state index in [1.165, 1.54) is 16.7 Å². The Hall–Kier alpha value is -3.52. The third-order valence-electron chi connectivity index (χ3n) is 8.64. The third-order valence-corrected chi connectivity index (χ3v) is 10.2. The summed E-state index contributed by atoms with van der Waals surface area (Å²) < 4.78 is 29.0. The Morgan fingerprint density at radius 3 is 2.37 bits per heavy atom. The number of carbonyl (C=O) groups is 4. The van der Waals surface area contributed by atoms with Gasteiger partial charge in [0, 0.05) is 58.3 Å². The first-order chi connectivity index (χ1) is 21.9. The molecule has 2 aromatic rings. The summed E-state index contributed by atoms with van der Waals surface area (Å²) in [5.74, 6) is -2.24. The minimum absolute atomic E-state index is 0.00189. The molecule has 2 heterocycles. The first-order valence-electron chi connectivity index (χ1n) is 15.5. The maximum Gasteiger partial charge on any atom is 0.251 e. The number of likely N-dealkylation sites (tertiary alicyclic amines) is 2. The zero-order chi connectivity index (χ0) is 33.4. The second-order valence-electron chi connectivity index (χ2n) is 12.0. The standard InChI is InChI=1S/C32H43ClN6O6S/c1-22(40)38-15-12-23(13-16-38)20-37(2)31(42)29(36-46(44,45)21-24-7-4-3-5-8-24)32(43)39-14-6-9-28(39)30(41)35-19-26-17-27(33)11-10-25(26)18-34/h3-5,7-8,10-11,17,23,28-29,36H,6,9,12-16,18-21,34H2,1-2H3,(H,35,41)/t28-,29?/m0/s1. The Labute approximate surface area is 275 Å². The Kier molecular flexibility index (Phi) is 12.2. The fraction of sp³-hybridized carbons (Fsp3) is 0.500. The van der Waals surface area contributed by atoms with E-state index in [0.717, 1.165) is 11.1 Å². The first kappa shape index (κ1) is 35.3. The highest BCUT2D eigenvalue weighted by Gasteiger charge is 2.42. The topological polar surface area (TPSA) is 162 Å².